The summed E-state index contributed by atoms with van der Waals surface area (Å²) in [5.74, 6) is 0.474. The minimum Gasteiger partial charge on any atom is -0.496 e. The van der Waals surface area contributed by atoms with Gasteiger partial charge in [-0.2, -0.15) is 0 Å². The van der Waals surface area contributed by atoms with Gasteiger partial charge in [0.15, 0.2) is 0 Å². The highest BCUT2D eigenvalue weighted by molar-refractivity contribution is 5.56. The average molecular weight is 286 g/mol. The van der Waals surface area contributed by atoms with Gasteiger partial charge in [-0.25, -0.2) is 0 Å². The van der Waals surface area contributed by atoms with Gasteiger partial charge in [-0.3, -0.25) is 10.1 Å². The number of nitrogens with one attached hydrogen (secondary N) is 1. The fourth-order valence-electron chi connectivity index (χ4n) is 2.13. The minimum absolute atomic E-state index is 0.0207. The Hall–Kier alpha value is -2.56. The smallest absolute Gasteiger partial charge is 0.275 e. The van der Waals surface area contributed by atoms with Crippen LogP contribution in [0.25, 0.3) is 0 Å². The molecule has 2 aromatic rings. The van der Waals surface area contributed by atoms with Crippen molar-refractivity contribution >= 4 is 11.4 Å². The predicted molar refractivity (Wildman–Crippen MR) is 83.0 cm³/mol. The second-order valence-electron chi connectivity index (χ2n) is 4.84. The van der Waals surface area contributed by atoms with Gasteiger partial charge in [0.25, 0.3) is 5.69 Å². The number of anilines is 1. The molecule has 0 aromatic heterocycles. The van der Waals surface area contributed by atoms with Crippen molar-refractivity contribution < 1.29 is 9.66 Å². The summed E-state index contributed by atoms with van der Waals surface area (Å²) in [4.78, 5) is 10.5. The van der Waals surface area contributed by atoms with Gasteiger partial charge in [0.05, 0.1) is 18.1 Å². The van der Waals surface area contributed by atoms with Crippen molar-refractivity contribution in [2.45, 2.75) is 13.3 Å². The molecule has 110 valence electrons. The van der Waals surface area contributed by atoms with E-state index in [0.29, 0.717) is 18.0 Å². The number of aryl methyl sites for hydroxylation is 1. The first-order valence-corrected chi connectivity index (χ1v) is 6.71. The highest BCUT2D eigenvalue weighted by Crippen LogP contribution is 2.25. The lowest BCUT2D eigenvalue weighted by Crippen LogP contribution is -2.05. The second kappa shape index (κ2) is 6.74. The van der Waals surface area contributed by atoms with Crippen molar-refractivity contribution in [3.05, 3.63) is 63.7 Å². The molecule has 0 bridgehead atoms. The molecule has 2 rings (SSSR count). The molecule has 1 N–H and O–H groups in total. The zero-order valence-electron chi connectivity index (χ0n) is 12.1. The van der Waals surface area contributed by atoms with E-state index in [0.717, 1.165) is 6.42 Å². The Morgan fingerprint density at radius 2 is 2.05 bits per heavy atom. The van der Waals surface area contributed by atoms with Gasteiger partial charge in [0, 0.05) is 24.4 Å². The van der Waals surface area contributed by atoms with E-state index >= 15 is 0 Å². The Kier molecular flexibility index (Phi) is 4.77. The van der Waals surface area contributed by atoms with Gasteiger partial charge in [0.2, 0.25) is 0 Å². The summed E-state index contributed by atoms with van der Waals surface area (Å²) in [5, 5.41) is 14.1. The maximum Gasteiger partial charge on any atom is 0.275 e. The van der Waals surface area contributed by atoms with Crippen LogP contribution >= 0.6 is 0 Å². The largest absolute Gasteiger partial charge is 0.496 e. The van der Waals surface area contributed by atoms with Crippen LogP contribution in [0.3, 0.4) is 0 Å². The van der Waals surface area contributed by atoms with E-state index in [-0.39, 0.29) is 5.69 Å². The van der Waals surface area contributed by atoms with E-state index in [9.17, 15) is 10.1 Å². The molecule has 0 fully saturated rings. The molecule has 0 radical (unpaired) electrons. The molecule has 21 heavy (non-hydrogen) atoms. The van der Waals surface area contributed by atoms with E-state index in [1.807, 2.05) is 6.07 Å². The summed E-state index contributed by atoms with van der Waals surface area (Å²) in [7, 11) is 1.50. The van der Waals surface area contributed by atoms with Crippen molar-refractivity contribution in [1.82, 2.24) is 0 Å². The number of methoxy groups -OCH3 is 1. The molecule has 0 saturated carbocycles. The molecule has 0 amide bonds. The van der Waals surface area contributed by atoms with Crippen LogP contribution in [0.4, 0.5) is 11.4 Å². The molecule has 0 aliphatic heterocycles. The van der Waals surface area contributed by atoms with E-state index in [4.69, 9.17) is 4.74 Å². The summed E-state index contributed by atoms with van der Waals surface area (Å²) >= 11 is 0. The number of nitrogens with zero attached hydrogens (tertiary/aromatic N) is 1. The molecule has 0 spiro atoms. The third-order valence-corrected chi connectivity index (χ3v) is 3.16. The van der Waals surface area contributed by atoms with Gasteiger partial charge >= 0.3 is 0 Å². The molecule has 5 nitrogen and oxygen atoms in total. The monoisotopic (exact) mass is 286 g/mol. The standard InChI is InChI=1S/C16H18N2O3/c1-12-4-3-5-13(8-12)6-7-17-14-9-15(18(19)20)11-16(10-14)21-2/h3-5,8-11,17H,6-7H2,1-2H3. The van der Waals surface area contributed by atoms with Crippen molar-refractivity contribution in [3.63, 3.8) is 0 Å². The van der Waals surface area contributed by atoms with Gasteiger partial charge in [-0.1, -0.05) is 29.8 Å². The minimum atomic E-state index is -0.422. The SMILES string of the molecule is COc1cc(NCCc2cccc(C)c2)cc([N+](=O)[O-])c1. The zero-order valence-corrected chi connectivity index (χ0v) is 12.1. The molecule has 5 heteroatoms. The Labute approximate surface area is 123 Å². The molecule has 0 saturated heterocycles. The Balaban J connectivity index is 2.02. The van der Waals surface area contributed by atoms with Crippen LogP contribution in [0.15, 0.2) is 42.5 Å². The zero-order chi connectivity index (χ0) is 15.2. The lowest BCUT2D eigenvalue weighted by Gasteiger charge is -2.09. The molecular formula is C16H18N2O3. The number of nitro groups is 1. The van der Waals surface area contributed by atoms with E-state index in [1.54, 1.807) is 6.07 Å². The highest BCUT2D eigenvalue weighted by Gasteiger charge is 2.09. The van der Waals surface area contributed by atoms with Crippen LogP contribution in [0.5, 0.6) is 5.75 Å². The normalized spacial score (nSPS) is 10.2. The van der Waals surface area contributed by atoms with Crippen molar-refractivity contribution in [1.29, 1.82) is 0 Å². The fourth-order valence-corrected chi connectivity index (χ4v) is 2.13. The van der Waals surface area contributed by atoms with Gasteiger partial charge in [-0.15, -0.1) is 0 Å². The number of hydrogen-bond donors (Lipinski definition) is 1. The number of hydrogen-bond acceptors (Lipinski definition) is 4. The molecule has 0 aliphatic carbocycles. The van der Waals surface area contributed by atoms with E-state index in [1.165, 1.54) is 30.4 Å². The van der Waals surface area contributed by atoms with Gasteiger partial charge < -0.3 is 10.1 Å². The molecular weight excluding hydrogens is 268 g/mol. The van der Waals surface area contributed by atoms with Crippen LogP contribution in [0.2, 0.25) is 0 Å². The fraction of sp³-hybridized carbons (Fsp3) is 0.250. The molecule has 2 aromatic carbocycles. The summed E-state index contributed by atoms with van der Waals surface area (Å²) in [5.41, 5.74) is 3.17. The molecule has 0 unspecified atom stereocenters. The van der Waals surface area contributed by atoms with Crippen LogP contribution in [0, 0.1) is 17.0 Å². The number of rotatable bonds is 6. The maximum absolute atomic E-state index is 10.9. The van der Waals surface area contributed by atoms with Crippen molar-refractivity contribution in [2.24, 2.45) is 0 Å². The average Bonchev–Trinajstić information content (AvgIpc) is 2.47. The maximum atomic E-state index is 10.9. The van der Waals surface area contributed by atoms with Crippen molar-refractivity contribution in [3.8, 4) is 5.75 Å². The lowest BCUT2D eigenvalue weighted by molar-refractivity contribution is -0.384. The summed E-state index contributed by atoms with van der Waals surface area (Å²) in [6.07, 6.45) is 0.854. The first-order chi connectivity index (χ1) is 10.1. The Morgan fingerprint density at radius 3 is 2.71 bits per heavy atom. The van der Waals surface area contributed by atoms with Crippen LogP contribution in [-0.2, 0) is 6.42 Å². The summed E-state index contributed by atoms with van der Waals surface area (Å²) < 4.78 is 5.08. The first kappa shape index (κ1) is 14.8. The van der Waals surface area contributed by atoms with Crippen LogP contribution in [0.1, 0.15) is 11.1 Å². The Bertz CT molecular complexity index is 641. The number of nitro benzene ring substituents is 1. The summed E-state index contributed by atoms with van der Waals surface area (Å²) in [6, 6.07) is 13.0. The third-order valence-electron chi connectivity index (χ3n) is 3.16. The Morgan fingerprint density at radius 1 is 1.24 bits per heavy atom. The van der Waals surface area contributed by atoms with Crippen LogP contribution < -0.4 is 10.1 Å². The van der Waals surface area contributed by atoms with E-state index < -0.39 is 4.92 Å². The van der Waals surface area contributed by atoms with Crippen molar-refractivity contribution in [2.75, 3.05) is 19.0 Å². The number of non-ortho nitro benzene ring substituents is 1. The predicted octanol–water partition coefficient (Wildman–Crippen LogP) is 3.57. The topological polar surface area (TPSA) is 64.4 Å². The summed E-state index contributed by atoms with van der Waals surface area (Å²) in [6.45, 7) is 2.76. The quantitative estimate of drug-likeness (QED) is 0.651. The van der Waals surface area contributed by atoms with E-state index in [2.05, 4.69) is 30.4 Å². The molecule has 0 atom stereocenters. The first-order valence-electron chi connectivity index (χ1n) is 6.71. The lowest BCUT2D eigenvalue weighted by atomic mass is 10.1. The van der Waals surface area contributed by atoms with Gasteiger partial charge in [0.1, 0.15) is 5.75 Å². The van der Waals surface area contributed by atoms with Gasteiger partial charge in [-0.05, 0) is 18.9 Å². The molecule has 0 aliphatic rings. The highest BCUT2D eigenvalue weighted by atomic mass is 16.6. The molecule has 0 heterocycles. The number of ether oxygens (including phenoxy) is 1. The number of benzene rings is 2. The van der Waals surface area contributed by atoms with Crippen LogP contribution in [-0.4, -0.2) is 18.6 Å². The third kappa shape index (κ3) is 4.21. The second-order valence-corrected chi connectivity index (χ2v) is 4.84.